The van der Waals surface area contributed by atoms with Gasteiger partial charge in [0.15, 0.2) is 0 Å². The van der Waals surface area contributed by atoms with E-state index in [2.05, 4.69) is 11.9 Å². The number of unbranched alkanes of at least 4 members (excludes halogenated alkanes) is 1. The van der Waals surface area contributed by atoms with E-state index < -0.39 is 0 Å². The van der Waals surface area contributed by atoms with Crippen molar-refractivity contribution in [1.82, 2.24) is 5.32 Å². The van der Waals surface area contributed by atoms with Crippen molar-refractivity contribution >= 4 is 5.91 Å². The lowest BCUT2D eigenvalue weighted by Gasteiger charge is -2.15. The molecule has 0 radical (unpaired) electrons. The second kappa shape index (κ2) is 9.34. The van der Waals surface area contributed by atoms with Crippen LogP contribution in [0.1, 0.15) is 31.2 Å². The molecule has 0 aliphatic heterocycles. The Balaban J connectivity index is 2.40. The van der Waals surface area contributed by atoms with Crippen molar-refractivity contribution in [2.24, 2.45) is 5.92 Å². The molecule has 0 fully saturated rings. The minimum atomic E-state index is -0.0345. The average Bonchev–Trinajstić information content (AvgIpc) is 2.45. The zero-order valence-corrected chi connectivity index (χ0v) is 11.3. The van der Waals surface area contributed by atoms with Gasteiger partial charge in [-0.25, -0.2) is 0 Å². The van der Waals surface area contributed by atoms with E-state index in [4.69, 9.17) is 5.11 Å². The Bertz CT molecular complexity index is 376. The zero-order chi connectivity index (χ0) is 13.9. The molecular weight excluding hydrogens is 238 g/mol. The molecule has 3 heteroatoms. The number of aliphatic hydroxyl groups is 1. The number of carbonyl (C=O) groups is 1. The number of aliphatic hydroxyl groups excluding tert-OH is 1. The molecule has 1 atom stereocenters. The van der Waals surface area contributed by atoms with Crippen molar-refractivity contribution < 1.29 is 9.90 Å². The van der Waals surface area contributed by atoms with Crippen molar-refractivity contribution in [2.45, 2.75) is 32.2 Å². The Labute approximate surface area is 115 Å². The molecule has 0 bridgehead atoms. The van der Waals surface area contributed by atoms with Gasteiger partial charge in [-0.15, -0.1) is 6.58 Å². The molecule has 1 aromatic rings. The molecule has 0 heterocycles. The van der Waals surface area contributed by atoms with Crippen LogP contribution < -0.4 is 5.32 Å². The summed E-state index contributed by atoms with van der Waals surface area (Å²) in [5.74, 6) is 0.0365. The minimum Gasteiger partial charge on any atom is -0.396 e. The fourth-order valence-corrected chi connectivity index (χ4v) is 1.99. The first kappa shape index (κ1) is 15.4. The molecule has 0 unspecified atom stereocenters. The second-order valence-electron chi connectivity index (χ2n) is 4.64. The summed E-state index contributed by atoms with van der Waals surface area (Å²) in [6.45, 7) is 4.45. The van der Waals surface area contributed by atoms with Crippen LogP contribution in [-0.4, -0.2) is 17.6 Å². The van der Waals surface area contributed by atoms with E-state index in [-0.39, 0.29) is 18.4 Å². The van der Waals surface area contributed by atoms with Gasteiger partial charge in [-0.2, -0.15) is 0 Å². The monoisotopic (exact) mass is 261 g/mol. The van der Waals surface area contributed by atoms with Crippen LogP contribution in [0.15, 0.2) is 43.0 Å². The van der Waals surface area contributed by atoms with Crippen LogP contribution in [0.25, 0.3) is 0 Å². The van der Waals surface area contributed by atoms with E-state index in [1.807, 2.05) is 30.3 Å². The lowest BCUT2D eigenvalue weighted by molar-refractivity contribution is -0.125. The number of hydrogen-bond donors (Lipinski definition) is 2. The summed E-state index contributed by atoms with van der Waals surface area (Å²) in [6.07, 6.45) is 4.89. The van der Waals surface area contributed by atoms with Crippen molar-refractivity contribution in [1.29, 1.82) is 0 Å². The van der Waals surface area contributed by atoms with E-state index in [0.29, 0.717) is 13.0 Å². The van der Waals surface area contributed by atoms with Gasteiger partial charge in [-0.05, 0) is 24.8 Å². The molecule has 19 heavy (non-hydrogen) atoms. The lowest BCUT2D eigenvalue weighted by Crippen LogP contribution is -2.30. The summed E-state index contributed by atoms with van der Waals surface area (Å²) in [7, 11) is 0. The molecule has 1 rings (SSSR count). The number of benzene rings is 1. The van der Waals surface area contributed by atoms with Crippen LogP contribution in [0, 0.1) is 5.92 Å². The maximum absolute atomic E-state index is 12.1. The summed E-state index contributed by atoms with van der Waals surface area (Å²) in [6, 6.07) is 9.87. The van der Waals surface area contributed by atoms with Crippen LogP contribution in [0.4, 0.5) is 0 Å². The highest BCUT2D eigenvalue weighted by atomic mass is 16.2. The minimum absolute atomic E-state index is 0.0345. The van der Waals surface area contributed by atoms with Gasteiger partial charge in [0.25, 0.3) is 0 Å². The van der Waals surface area contributed by atoms with Crippen LogP contribution in [0.5, 0.6) is 0 Å². The normalized spacial score (nSPS) is 11.8. The molecule has 0 saturated heterocycles. The quantitative estimate of drug-likeness (QED) is 0.530. The highest BCUT2D eigenvalue weighted by Crippen LogP contribution is 2.14. The highest BCUT2D eigenvalue weighted by Gasteiger charge is 2.15. The molecule has 0 saturated carbocycles. The highest BCUT2D eigenvalue weighted by molar-refractivity contribution is 5.78. The molecule has 2 N–H and O–H groups in total. The number of amides is 1. The number of rotatable bonds is 9. The number of hydrogen-bond acceptors (Lipinski definition) is 2. The molecule has 0 aromatic heterocycles. The van der Waals surface area contributed by atoms with Gasteiger partial charge in [0.05, 0.1) is 0 Å². The van der Waals surface area contributed by atoms with Crippen molar-refractivity contribution in [2.75, 3.05) is 6.61 Å². The van der Waals surface area contributed by atoms with Crippen molar-refractivity contribution in [3.63, 3.8) is 0 Å². The van der Waals surface area contributed by atoms with Gasteiger partial charge in [0, 0.05) is 19.1 Å². The van der Waals surface area contributed by atoms with Gasteiger partial charge in [0.1, 0.15) is 0 Å². The third-order valence-corrected chi connectivity index (χ3v) is 3.09. The SMILES string of the molecule is C=CC[C@@H](CCCCO)C(=O)NCc1ccccc1. The van der Waals surface area contributed by atoms with E-state index in [1.165, 1.54) is 0 Å². The molecule has 0 aliphatic rings. The Kier molecular flexibility index (Phi) is 7.59. The van der Waals surface area contributed by atoms with Gasteiger partial charge in [0.2, 0.25) is 5.91 Å². The van der Waals surface area contributed by atoms with Crippen LogP contribution in [0.2, 0.25) is 0 Å². The number of allylic oxidation sites excluding steroid dienone is 1. The topological polar surface area (TPSA) is 49.3 Å². The Morgan fingerprint density at radius 3 is 2.68 bits per heavy atom. The van der Waals surface area contributed by atoms with Crippen LogP contribution >= 0.6 is 0 Å². The molecule has 1 aromatic carbocycles. The predicted molar refractivity (Wildman–Crippen MR) is 77.5 cm³/mol. The maximum Gasteiger partial charge on any atom is 0.223 e. The largest absolute Gasteiger partial charge is 0.396 e. The Hall–Kier alpha value is -1.61. The Morgan fingerprint density at radius 2 is 2.05 bits per heavy atom. The summed E-state index contributed by atoms with van der Waals surface area (Å²) in [5, 5.41) is 11.7. The summed E-state index contributed by atoms with van der Waals surface area (Å²) >= 11 is 0. The molecule has 3 nitrogen and oxygen atoms in total. The van der Waals surface area contributed by atoms with E-state index in [9.17, 15) is 4.79 Å². The third-order valence-electron chi connectivity index (χ3n) is 3.09. The summed E-state index contributed by atoms with van der Waals surface area (Å²) in [4.78, 5) is 12.1. The van der Waals surface area contributed by atoms with Crippen LogP contribution in [-0.2, 0) is 11.3 Å². The van der Waals surface area contributed by atoms with E-state index >= 15 is 0 Å². The molecule has 1 amide bonds. The first-order valence-electron chi connectivity index (χ1n) is 6.81. The van der Waals surface area contributed by atoms with Crippen molar-refractivity contribution in [3.05, 3.63) is 48.6 Å². The number of nitrogens with one attached hydrogen (secondary N) is 1. The summed E-state index contributed by atoms with van der Waals surface area (Å²) < 4.78 is 0. The first-order chi connectivity index (χ1) is 9.27. The maximum atomic E-state index is 12.1. The standard InChI is InChI=1S/C16H23NO2/c1-2-8-15(11-6-7-12-18)16(19)17-13-14-9-4-3-5-10-14/h2-5,9-10,15,18H,1,6-8,11-13H2,(H,17,19)/t15-/m0/s1. The van der Waals surface area contributed by atoms with Gasteiger partial charge in [-0.3, -0.25) is 4.79 Å². The van der Waals surface area contributed by atoms with Gasteiger partial charge >= 0.3 is 0 Å². The summed E-state index contributed by atoms with van der Waals surface area (Å²) in [5.41, 5.74) is 1.10. The van der Waals surface area contributed by atoms with Crippen molar-refractivity contribution in [3.8, 4) is 0 Å². The molecule has 0 spiro atoms. The van der Waals surface area contributed by atoms with Gasteiger partial charge in [-0.1, -0.05) is 42.8 Å². The smallest absolute Gasteiger partial charge is 0.223 e. The molecular formula is C16H23NO2. The number of carbonyl (C=O) groups excluding carboxylic acids is 1. The van der Waals surface area contributed by atoms with E-state index in [1.54, 1.807) is 6.08 Å². The Morgan fingerprint density at radius 1 is 1.32 bits per heavy atom. The van der Waals surface area contributed by atoms with Crippen LogP contribution in [0.3, 0.4) is 0 Å². The fraction of sp³-hybridized carbons (Fsp3) is 0.438. The fourth-order valence-electron chi connectivity index (χ4n) is 1.99. The zero-order valence-electron chi connectivity index (χ0n) is 11.3. The van der Waals surface area contributed by atoms with E-state index in [0.717, 1.165) is 24.8 Å². The predicted octanol–water partition coefficient (Wildman–Crippen LogP) is 2.66. The molecule has 0 aliphatic carbocycles. The molecule has 104 valence electrons. The van der Waals surface area contributed by atoms with Gasteiger partial charge < -0.3 is 10.4 Å². The third kappa shape index (κ3) is 6.20. The first-order valence-corrected chi connectivity index (χ1v) is 6.81. The average molecular weight is 261 g/mol. The second-order valence-corrected chi connectivity index (χ2v) is 4.64. The lowest BCUT2D eigenvalue weighted by atomic mass is 9.97.